The molecule has 0 spiro atoms. The molecule has 0 unspecified atom stereocenters. The van der Waals surface area contributed by atoms with E-state index >= 15 is 0 Å². The van der Waals surface area contributed by atoms with Gasteiger partial charge in [-0.2, -0.15) is 0 Å². The molecule has 1 aliphatic rings. The topological polar surface area (TPSA) is 108 Å². The first kappa shape index (κ1) is 19.8. The third kappa shape index (κ3) is 4.00. The molecule has 1 saturated carbocycles. The first-order valence-corrected chi connectivity index (χ1v) is 9.37. The minimum atomic E-state index is -0.596. The van der Waals surface area contributed by atoms with Crippen molar-refractivity contribution in [1.29, 1.82) is 0 Å². The second kappa shape index (κ2) is 7.99. The van der Waals surface area contributed by atoms with Crippen LogP contribution in [0.3, 0.4) is 0 Å². The van der Waals surface area contributed by atoms with Crippen LogP contribution >= 0.6 is 0 Å². The first-order valence-electron chi connectivity index (χ1n) is 9.37. The number of aromatic nitrogens is 4. The van der Waals surface area contributed by atoms with Gasteiger partial charge in [0.1, 0.15) is 6.54 Å². The molecule has 0 atom stereocenters. The summed E-state index contributed by atoms with van der Waals surface area (Å²) in [6.07, 6.45) is 3.61. The van der Waals surface area contributed by atoms with E-state index in [2.05, 4.69) is 4.98 Å². The Morgan fingerprint density at radius 1 is 1.29 bits per heavy atom. The Morgan fingerprint density at radius 3 is 2.64 bits per heavy atom. The highest BCUT2D eigenvalue weighted by Gasteiger charge is 2.28. The minimum Gasteiger partial charge on any atom is -0.466 e. The Bertz CT molecular complexity index is 1010. The summed E-state index contributed by atoms with van der Waals surface area (Å²) in [7, 11) is 3.17. The highest BCUT2D eigenvalue weighted by atomic mass is 16.5. The van der Waals surface area contributed by atoms with E-state index in [1.165, 1.54) is 22.5 Å². The normalized spacial score (nSPS) is 13.7. The van der Waals surface area contributed by atoms with Crippen LogP contribution in [0.25, 0.3) is 11.2 Å². The Labute approximate surface area is 161 Å². The van der Waals surface area contributed by atoms with Gasteiger partial charge in [0, 0.05) is 27.2 Å². The summed E-state index contributed by atoms with van der Waals surface area (Å²) < 4.78 is 8.64. The Balaban J connectivity index is 1.84. The third-order valence-corrected chi connectivity index (χ3v) is 4.91. The number of rotatable bonds is 8. The number of fused-ring (bicyclic) bond motifs is 1. The number of amides is 1. The molecule has 10 nitrogen and oxygen atoms in total. The molecule has 28 heavy (non-hydrogen) atoms. The molecule has 0 radical (unpaired) electrons. The molecule has 0 aliphatic heterocycles. The highest BCUT2D eigenvalue weighted by Crippen LogP contribution is 2.29. The number of ether oxygens (including phenoxy) is 1. The molecule has 1 amide bonds. The summed E-state index contributed by atoms with van der Waals surface area (Å²) in [5.74, 6) is -0.331. The Morgan fingerprint density at radius 2 is 2.00 bits per heavy atom. The van der Waals surface area contributed by atoms with Gasteiger partial charge in [-0.25, -0.2) is 14.3 Å². The molecule has 2 aromatic rings. The van der Waals surface area contributed by atoms with Crippen LogP contribution in [0.4, 0.5) is 0 Å². The Kier molecular flexibility index (Phi) is 5.66. The van der Waals surface area contributed by atoms with Gasteiger partial charge in [-0.05, 0) is 25.7 Å². The minimum absolute atomic E-state index is 0.0833. The van der Waals surface area contributed by atoms with Crippen LogP contribution in [0.2, 0.25) is 0 Å². The average Bonchev–Trinajstić information content (AvgIpc) is 3.40. The zero-order chi connectivity index (χ0) is 20.4. The SMILES string of the molecule is CCOC(=O)CCN(CC1CC1)C(=O)Cn1c(=O)c2c(ncn2C)n(C)c1=O. The second-order valence-corrected chi connectivity index (χ2v) is 7.10. The number of imidazole rings is 1. The fourth-order valence-corrected chi connectivity index (χ4v) is 3.16. The van der Waals surface area contributed by atoms with E-state index in [9.17, 15) is 19.2 Å². The van der Waals surface area contributed by atoms with E-state index in [-0.39, 0.29) is 49.2 Å². The van der Waals surface area contributed by atoms with E-state index in [0.717, 1.165) is 17.4 Å². The molecular formula is C18H25N5O5. The maximum absolute atomic E-state index is 12.9. The fraction of sp³-hybridized carbons (Fsp3) is 0.611. The smallest absolute Gasteiger partial charge is 0.332 e. The van der Waals surface area contributed by atoms with Crippen molar-refractivity contribution >= 4 is 23.0 Å². The average molecular weight is 391 g/mol. The van der Waals surface area contributed by atoms with Crippen molar-refractivity contribution in [2.75, 3.05) is 19.7 Å². The number of carbonyl (C=O) groups is 2. The number of esters is 1. The zero-order valence-electron chi connectivity index (χ0n) is 16.4. The highest BCUT2D eigenvalue weighted by molar-refractivity contribution is 5.78. The van der Waals surface area contributed by atoms with Crippen molar-refractivity contribution in [3.63, 3.8) is 0 Å². The van der Waals surface area contributed by atoms with Crippen LogP contribution in [0, 0.1) is 5.92 Å². The predicted molar refractivity (Wildman–Crippen MR) is 101 cm³/mol. The van der Waals surface area contributed by atoms with Crippen molar-refractivity contribution in [2.24, 2.45) is 20.0 Å². The standard InChI is InChI=1S/C18H25N5O5/c1-4-28-14(25)7-8-22(9-12-5-6-12)13(24)10-23-17(26)15-16(19-11-20(15)2)21(3)18(23)27/h11-12H,4-10H2,1-3H3. The van der Waals surface area contributed by atoms with Crippen LogP contribution in [0.15, 0.2) is 15.9 Å². The summed E-state index contributed by atoms with van der Waals surface area (Å²) in [5, 5.41) is 0. The van der Waals surface area contributed by atoms with Crippen molar-refractivity contribution in [3.05, 3.63) is 27.2 Å². The number of nitrogens with zero attached hydrogens (tertiary/aromatic N) is 5. The van der Waals surface area contributed by atoms with E-state index in [1.807, 2.05) is 0 Å². The Hall–Kier alpha value is -2.91. The van der Waals surface area contributed by atoms with E-state index in [4.69, 9.17) is 4.74 Å². The van der Waals surface area contributed by atoms with Crippen molar-refractivity contribution in [3.8, 4) is 0 Å². The first-order chi connectivity index (χ1) is 13.3. The predicted octanol–water partition coefficient (Wildman–Crippen LogP) is -0.374. The van der Waals surface area contributed by atoms with Gasteiger partial charge in [0.25, 0.3) is 5.56 Å². The zero-order valence-corrected chi connectivity index (χ0v) is 16.4. The number of hydrogen-bond donors (Lipinski definition) is 0. The number of hydrogen-bond acceptors (Lipinski definition) is 6. The lowest BCUT2D eigenvalue weighted by Gasteiger charge is -2.22. The van der Waals surface area contributed by atoms with Gasteiger partial charge in [-0.3, -0.25) is 19.0 Å². The van der Waals surface area contributed by atoms with Gasteiger partial charge in [-0.1, -0.05) is 0 Å². The molecule has 1 fully saturated rings. The maximum atomic E-state index is 12.9. The van der Waals surface area contributed by atoms with Gasteiger partial charge in [0.05, 0.1) is 19.4 Å². The van der Waals surface area contributed by atoms with Crippen molar-refractivity contribution in [2.45, 2.75) is 32.7 Å². The molecular weight excluding hydrogens is 366 g/mol. The molecule has 10 heteroatoms. The molecule has 152 valence electrons. The molecule has 1 aliphatic carbocycles. The molecule has 3 rings (SSSR count). The van der Waals surface area contributed by atoms with Gasteiger partial charge in [-0.15, -0.1) is 0 Å². The molecule has 2 heterocycles. The van der Waals surface area contributed by atoms with Gasteiger partial charge >= 0.3 is 11.7 Å². The summed E-state index contributed by atoms with van der Waals surface area (Å²) >= 11 is 0. The van der Waals surface area contributed by atoms with E-state index < -0.39 is 11.2 Å². The third-order valence-electron chi connectivity index (χ3n) is 4.91. The molecule has 0 aromatic carbocycles. The number of aryl methyl sites for hydroxylation is 2. The van der Waals surface area contributed by atoms with Gasteiger partial charge in [0.15, 0.2) is 11.2 Å². The second-order valence-electron chi connectivity index (χ2n) is 7.10. The molecule has 0 saturated heterocycles. The van der Waals surface area contributed by atoms with Gasteiger partial charge in [0.2, 0.25) is 5.91 Å². The fourth-order valence-electron chi connectivity index (χ4n) is 3.16. The molecule has 0 N–H and O–H groups in total. The lowest BCUT2D eigenvalue weighted by Crippen LogP contribution is -2.45. The maximum Gasteiger partial charge on any atom is 0.332 e. The van der Waals surface area contributed by atoms with E-state index in [1.54, 1.807) is 18.9 Å². The summed E-state index contributed by atoms with van der Waals surface area (Å²) in [5.41, 5.74) is -0.613. The largest absolute Gasteiger partial charge is 0.466 e. The van der Waals surface area contributed by atoms with Crippen LogP contribution in [-0.4, -0.2) is 55.2 Å². The quantitative estimate of drug-likeness (QED) is 0.568. The molecule has 2 aromatic heterocycles. The number of carbonyl (C=O) groups excluding carboxylic acids is 2. The van der Waals surface area contributed by atoms with Crippen LogP contribution < -0.4 is 11.2 Å². The lowest BCUT2D eigenvalue weighted by molar-refractivity contribution is -0.144. The van der Waals surface area contributed by atoms with Crippen molar-refractivity contribution in [1.82, 2.24) is 23.6 Å². The summed E-state index contributed by atoms with van der Waals surface area (Å²) in [6, 6.07) is 0. The van der Waals surface area contributed by atoms with Crippen LogP contribution in [0.1, 0.15) is 26.2 Å². The lowest BCUT2D eigenvalue weighted by atomic mass is 10.3. The van der Waals surface area contributed by atoms with Crippen LogP contribution in [-0.2, 0) is 35.0 Å². The monoisotopic (exact) mass is 391 g/mol. The van der Waals surface area contributed by atoms with E-state index in [0.29, 0.717) is 12.5 Å². The van der Waals surface area contributed by atoms with Crippen molar-refractivity contribution < 1.29 is 14.3 Å². The summed E-state index contributed by atoms with van der Waals surface area (Å²) in [4.78, 5) is 55.5. The summed E-state index contributed by atoms with van der Waals surface area (Å²) in [6.45, 7) is 2.36. The van der Waals surface area contributed by atoms with Crippen LogP contribution in [0.5, 0.6) is 0 Å². The molecule has 0 bridgehead atoms. The van der Waals surface area contributed by atoms with Gasteiger partial charge < -0.3 is 14.2 Å².